The van der Waals surface area contributed by atoms with E-state index in [1.165, 1.54) is 30.6 Å². The molecule has 1 aliphatic heterocycles. The molecule has 1 fully saturated rings. The van der Waals surface area contributed by atoms with E-state index in [9.17, 15) is 9.90 Å². The predicted molar refractivity (Wildman–Crippen MR) is 130 cm³/mol. The monoisotopic (exact) mass is 444 g/mol. The van der Waals surface area contributed by atoms with Gasteiger partial charge in [0.2, 0.25) is 0 Å². The van der Waals surface area contributed by atoms with Crippen molar-refractivity contribution in [3.63, 3.8) is 0 Å². The molecule has 2 N–H and O–H groups in total. The molecule has 7 heteroatoms. The molecule has 1 heterocycles. The van der Waals surface area contributed by atoms with Crippen LogP contribution in [0.25, 0.3) is 0 Å². The SMILES string of the molecule is COc1cc(C=NNC(=O)c2ccc(CN3CCN(c4ccccc4)CC3)cc2)ccc1O. The normalized spacial score (nSPS) is 14.4. The minimum absolute atomic E-state index is 0.0526. The van der Waals surface area contributed by atoms with Crippen molar-refractivity contribution in [2.24, 2.45) is 5.10 Å². The molecule has 3 aromatic carbocycles. The minimum atomic E-state index is -0.278. The number of carbonyl (C=O) groups excluding carboxylic acids is 1. The Morgan fingerprint density at radius 3 is 2.45 bits per heavy atom. The lowest BCUT2D eigenvalue weighted by atomic mass is 10.1. The topological polar surface area (TPSA) is 77.4 Å². The van der Waals surface area contributed by atoms with Gasteiger partial charge >= 0.3 is 0 Å². The van der Waals surface area contributed by atoms with Gasteiger partial charge in [0.25, 0.3) is 5.91 Å². The average Bonchev–Trinajstić information content (AvgIpc) is 2.86. The maximum absolute atomic E-state index is 12.4. The Labute approximate surface area is 193 Å². The maximum Gasteiger partial charge on any atom is 0.271 e. The number of para-hydroxylation sites is 1. The second-order valence-electron chi connectivity index (χ2n) is 7.93. The predicted octanol–water partition coefficient (Wildman–Crippen LogP) is 3.49. The summed E-state index contributed by atoms with van der Waals surface area (Å²) in [7, 11) is 1.48. The molecule has 0 saturated carbocycles. The zero-order valence-corrected chi connectivity index (χ0v) is 18.6. The summed E-state index contributed by atoms with van der Waals surface area (Å²) >= 11 is 0. The number of ether oxygens (including phenoxy) is 1. The highest BCUT2D eigenvalue weighted by Crippen LogP contribution is 2.25. The van der Waals surface area contributed by atoms with Crippen molar-refractivity contribution in [1.29, 1.82) is 0 Å². The van der Waals surface area contributed by atoms with E-state index in [-0.39, 0.29) is 11.7 Å². The number of rotatable bonds is 7. The molecule has 1 saturated heterocycles. The molecule has 1 amide bonds. The van der Waals surface area contributed by atoms with Gasteiger partial charge in [0.15, 0.2) is 11.5 Å². The number of carbonyl (C=O) groups is 1. The molecular formula is C26H28N4O3. The quantitative estimate of drug-likeness (QED) is 0.431. The second kappa shape index (κ2) is 10.7. The lowest BCUT2D eigenvalue weighted by molar-refractivity contribution is 0.0955. The van der Waals surface area contributed by atoms with Gasteiger partial charge in [0.1, 0.15) is 0 Å². The van der Waals surface area contributed by atoms with Gasteiger partial charge in [-0.1, -0.05) is 30.3 Å². The third kappa shape index (κ3) is 5.90. The smallest absolute Gasteiger partial charge is 0.271 e. The van der Waals surface area contributed by atoms with E-state index < -0.39 is 0 Å². The van der Waals surface area contributed by atoms with Crippen LogP contribution in [-0.2, 0) is 6.54 Å². The zero-order valence-electron chi connectivity index (χ0n) is 18.6. The number of methoxy groups -OCH3 is 1. The Balaban J connectivity index is 1.26. The Bertz CT molecular complexity index is 1090. The van der Waals surface area contributed by atoms with Gasteiger partial charge in [-0.3, -0.25) is 9.69 Å². The van der Waals surface area contributed by atoms with E-state index in [2.05, 4.69) is 44.6 Å². The molecular weight excluding hydrogens is 416 g/mol. The summed E-state index contributed by atoms with van der Waals surface area (Å²) in [5, 5.41) is 13.6. The summed E-state index contributed by atoms with van der Waals surface area (Å²) in [6, 6.07) is 23.0. The van der Waals surface area contributed by atoms with E-state index in [1.807, 2.05) is 30.3 Å². The largest absolute Gasteiger partial charge is 0.504 e. The molecule has 0 aliphatic carbocycles. The maximum atomic E-state index is 12.4. The van der Waals surface area contributed by atoms with Crippen molar-refractivity contribution in [2.75, 3.05) is 38.2 Å². The Hall–Kier alpha value is -3.84. The number of amides is 1. The third-order valence-electron chi connectivity index (χ3n) is 5.70. The number of anilines is 1. The molecule has 33 heavy (non-hydrogen) atoms. The molecule has 0 spiro atoms. The number of benzene rings is 3. The molecule has 7 nitrogen and oxygen atoms in total. The fraction of sp³-hybridized carbons (Fsp3) is 0.231. The number of piperazine rings is 1. The summed E-state index contributed by atoms with van der Waals surface area (Å²) in [5.41, 5.74) is 6.24. The van der Waals surface area contributed by atoms with E-state index in [0.717, 1.165) is 32.7 Å². The highest BCUT2D eigenvalue weighted by atomic mass is 16.5. The summed E-state index contributed by atoms with van der Waals surface area (Å²) in [6.45, 7) is 4.90. The summed E-state index contributed by atoms with van der Waals surface area (Å²) in [5.74, 6) is 0.124. The van der Waals surface area contributed by atoms with E-state index in [1.54, 1.807) is 12.1 Å². The van der Waals surface area contributed by atoms with Crippen molar-refractivity contribution in [1.82, 2.24) is 10.3 Å². The number of nitrogens with zero attached hydrogens (tertiary/aromatic N) is 3. The number of phenolic OH excluding ortho intramolecular Hbond substituents is 1. The molecule has 170 valence electrons. The van der Waals surface area contributed by atoms with Crippen molar-refractivity contribution >= 4 is 17.8 Å². The Morgan fingerprint density at radius 1 is 1.03 bits per heavy atom. The van der Waals surface area contributed by atoms with Crippen LogP contribution in [0, 0.1) is 0 Å². The first-order valence-electron chi connectivity index (χ1n) is 10.9. The fourth-order valence-electron chi connectivity index (χ4n) is 3.83. The van der Waals surface area contributed by atoms with Crippen LogP contribution in [0.2, 0.25) is 0 Å². The molecule has 1 aliphatic rings. The van der Waals surface area contributed by atoms with Crippen molar-refractivity contribution in [3.05, 3.63) is 89.5 Å². The van der Waals surface area contributed by atoms with E-state index in [4.69, 9.17) is 4.74 Å². The van der Waals surface area contributed by atoms with E-state index in [0.29, 0.717) is 16.9 Å². The number of nitrogens with one attached hydrogen (secondary N) is 1. The summed E-state index contributed by atoms with van der Waals surface area (Å²) in [4.78, 5) is 17.2. The van der Waals surface area contributed by atoms with Crippen LogP contribution in [0.4, 0.5) is 5.69 Å². The molecule has 3 aromatic rings. The second-order valence-corrected chi connectivity index (χ2v) is 7.93. The van der Waals surface area contributed by atoms with Crippen LogP contribution in [0.1, 0.15) is 21.5 Å². The van der Waals surface area contributed by atoms with Crippen molar-refractivity contribution < 1.29 is 14.6 Å². The van der Waals surface area contributed by atoms with Crippen LogP contribution in [-0.4, -0.2) is 55.4 Å². The fourth-order valence-corrected chi connectivity index (χ4v) is 3.83. The lowest BCUT2D eigenvalue weighted by Crippen LogP contribution is -2.45. The van der Waals surface area contributed by atoms with Gasteiger partial charge in [0, 0.05) is 44.0 Å². The first-order valence-corrected chi connectivity index (χ1v) is 10.9. The van der Waals surface area contributed by atoms with Gasteiger partial charge in [-0.15, -0.1) is 0 Å². The lowest BCUT2D eigenvalue weighted by Gasteiger charge is -2.36. The van der Waals surface area contributed by atoms with Crippen LogP contribution in [0.15, 0.2) is 77.9 Å². The van der Waals surface area contributed by atoms with Gasteiger partial charge < -0.3 is 14.7 Å². The Kier molecular flexibility index (Phi) is 7.22. The molecule has 0 atom stereocenters. The number of hydrogen-bond acceptors (Lipinski definition) is 6. The van der Waals surface area contributed by atoms with Gasteiger partial charge in [-0.05, 0) is 53.6 Å². The van der Waals surface area contributed by atoms with Crippen molar-refractivity contribution in [2.45, 2.75) is 6.54 Å². The molecule has 0 unspecified atom stereocenters. The molecule has 0 radical (unpaired) electrons. The number of aromatic hydroxyl groups is 1. The highest BCUT2D eigenvalue weighted by molar-refractivity contribution is 5.94. The van der Waals surface area contributed by atoms with Crippen LogP contribution in [0.3, 0.4) is 0 Å². The zero-order chi connectivity index (χ0) is 23.0. The standard InChI is InChI=1S/C26H28N4O3/c1-33-25-17-21(9-12-24(25)31)18-27-28-26(32)22-10-7-20(8-11-22)19-29-13-15-30(16-14-29)23-5-3-2-4-6-23/h2-12,17-18,31H,13-16,19H2,1H3,(H,28,32). The first kappa shape index (κ1) is 22.4. The molecule has 4 rings (SSSR count). The van der Waals surface area contributed by atoms with Gasteiger partial charge in [-0.25, -0.2) is 5.43 Å². The minimum Gasteiger partial charge on any atom is -0.504 e. The summed E-state index contributed by atoms with van der Waals surface area (Å²) in [6.07, 6.45) is 1.50. The van der Waals surface area contributed by atoms with Crippen LogP contribution in [0.5, 0.6) is 11.5 Å². The molecule has 0 bridgehead atoms. The van der Waals surface area contributed by atoms with Crippen molar-refractivity contribution in [3.8, 4) is 11.5 Å². The van der Waals surface area contributed by atoms with Gasteiger partial charge in [-0.2, -0.15) is 5.10 Å². The highest BCUT2D eigenvalue weighted by Gasteiger charge is 2.17. The Morgan fingerprint density at radius 2 is 1.76 bits per heavy atom. The third-order valence-corrected chi connectivity index (χ3v) is 5.70. The van der Waals surface area contributed by atoms with Crippen LogP contribution < -0.4 is 15.1 Å². The first-order chi connectivity index (χ1) is 16.1. The number of phenols is 1. The number of hydrazone groups is 1. The summed E-state index contributed by atoms with van der Waals surface area (Å²) < 4.78 is 5.07. The molecule has 0 aromatic heterocycles. The number of hydrogen-bond donors (Lipinski definition) is 2. The van der Waals surface area contributed by atoms with Crippen LogP contribution >= 0.6 is 0 Å². The average molecular weight is 445 g/mol. The van der Waals surface area contributed by atoms with E-state index >= 15 is 0 Å². The van der Waals surface area contributed by atoms with Gasteiger partial charge in [0.05, 0.1) is 13.3 Å².